The minimum Gasteiger partial charge on any atom is -0.495 e. The maximum absolute atomic E-state index is 12.6. The first-order chi connectivity index (χ1) is 13.1. The number of amides is 1. The average molecular weight is 359 g/mol. The number of methoxy groups -OCH3 is 1. The van der Waals surface area contributed by atoms with Crippen LogP contribution in [0.3, 0.4) is 0 Å². The summed E-state index contributed by atoms with van der Waals surface area (Å²) in [6.07, 6.45) is 1.31. The molecule has 0 radical (unpaired) electrons. The largest absolute Gasteiger partial charge is 0.495 e. The number of nitrogens with zero attached hydrogens (tertiary/aromatic N) is 3. The number of rotatable bonds is 5. The van der Waals surface area contributed by atoms with Gasteiger partial charge in [0.2, 0.25) is 0 Å². The molecule has 0 atom stereocenters. The van der Waals surface area contributed by atoms with Gasteiger partial charge in [-0.2, -0.15) is 5.26 Å². The van der Waals surface area contributed by atoms with Gasteiger partial charge in [-0.3, -0.25) is 4.79 Å². The number of nitrogens with one attached hydrogen (secondary N) is 2. The van der Waals surface area contributed by atoms with E-state index in [4.69, 9.17) is 10.00 Å². The molecule has 2 aromatic carbocycles. The number of hydrogen-bond donors (Lipinski definition) is 2. The number of nitriles is 1. The number of aromatic nitrogens is 2. The molecule has 0 bridgehead atoms. The Bertz CT molecular complexity index is 1010. The van der Waals surface area contributed by atoms with Gasteiger partial charge in [0.05, 0.1) is 24.4 Å². The Morgan fingerprint density at radius 3 is 2.59 bits per heavy atom. The third-order valence-electron chi connectivity index (χ3n) is 3.79. The van der Waals surface area contributed by atoms with Crippen LogP contribution >= 0.6 is 0 Å². The normalized spacial score (nSPS) is 9.96. The van der Waals surface area contributed by atoms with Gasteiger partial charge in [0.15, 0.2) is 0 Å². The van der Waals surface area contributed by atoms with Crippen molar-refractivity contribution < 1.29 is 9.53 Å². The fourth-order valence-corrected chi connectivity index (χ4v) is 2.43. The van der Waals surface area contributed by atoms with Crippen LogP contribution in [0.15, 0.2) is 54.9 Å². The van der Waals surface area contributed by atoms with Crippen LogP contribution in [0.5, 0.6) is 5.75 Å². The van der Waals surface area contributed by atoms with Crippen molar-refractivity contribution in [2.45, 2.75) is 6.92 Å². The van der Waals surface area contributed by atoms with Crippen molar-refractivity contribution >= 4 is 23.1 Å². The molecule has 0 saturated carbocycles. The zero-order valence-electron chi connectivity index (χ0n) is 14.9. The average Bonchev–Trinajstić information content (AvgIpc) is 2.69. The Morgan fingerprint density at radius 2 is 1.89 bits per heavy atom. The molecule has 0 fully saturated rings. The van der Waals surface area contributed by atoms with E-state index in [2.05, 4.69) is 26.7 Å². The molecule has 0 spiro atoms. The number of carbonyl (C=O) groups is 1. The van der Waals surface area contributed by atoms with Crippen molar-refractivity contribution in [3.05, 3.63) is 71.7 Å². The lowest BCUT2D eigenvalue weighted by Crippen LogP contribution is -2.15. The lowest BCUT2D eigenvalue weighted by Gasteiger charge is -2.11. The molecule has 134 valence electrons. The molecule has 0 aliphatic rings. The molecule has 0 unspecified atom stereocenters. The highest BCUT2D eigenvalue weighted by Crippen LogP contribution is 2.25. The fourth-order valence-electron chi connectivity index (χ4n) is 2.43. The Hall–Kier alpha value is -3.92. The molecular formula is C20H17N5O2. The van der Waals surface area contributed by atoms with Gasteiger partial charge < -0.3 is 15.4 Å². The maximum Gasteiger partial charge on any atom is 0.274 e. The number of anilines is 3. The second-order valence-corrected chi connectivity index (χ2v) is 5.76. The summed E-state index contributed by atoms with van der Waals surface area (Å²) >= 11 is 0. The van der Waals surface area contributed by atoms with Crippen molar-refractivity contribution in [1.82, 2.24) is 9.97 Å². The fraction of sp³-hybridized carbons (Fsp3) is 0.100. The monoisotopic (exact) mass is 359 g/mol. The molecule has 3 rings (SSSR count). The van der Waals surface area contributed by atoms with Gasteiger partial charge in [-0.25, -0.2) is 9.97 Å². The van der Waals surface area contributed by atoms with Gasteiger partial charge in [-0.1, -0.05) is 6.07 Å². The predicted octanol–water partition coefficient (Wildman–Crippen LogP) is 3.66. The smallest absolute Gasteiger partial charge is 0.274 e. The van der Waals surface area contributed by atoms with E-state index in [9.17, 15) is 4.79 Å². The summed E-state index contributed by atoms with van der Waals surface area (Å²) in [6, 6.07) is 16.1. The first-order valence-electron chi connectivity index (χ1n) is 8.14. The van der Waals surface area contributed by atoms with Crippen LogP contribution in [0.2, 0.25) is 0 Å². The molecule has 1 heterocycles. The van der Waals surface area contributed by atoms with Crippen LogP contribution in [0, 0.1) is 18.3 Å². The van der Waals surface area contributed by atoms with E-state index in [1.807, 2.05) is 19.1 Å². The quantitative estimate of drug-likeness (QED) is 0.721. The molecule has 1 amide bonds. The molecule has 27 heavy (non-hydrogen) atoms. The van der Waals surface area contributed by atoms with E-state index in [-0.39, 0.29) is 11.6 Å². The van der Waals surface area contributed by atoms with E-state index in [1.54, 1.807) is 43.5 Å². The number of carbonyl (C=O) groups excluding carboxylic acids is 1. The van der Waals surface area contributed by atoms with Gasteiger partial charge in [0.25, 0.3) is 5.91 Å². The Kier molecular flexibility index (Phi) is 5.28. The number of aryl methyl sites for hydroxylation is 1. The summed E-state index contributed by atoms with van der Waals surface area (Å²) in [6.45, 7) is 1.93. The van der Waals surface area contributed by atoms with Crippen molar-refractivity contribution in [1.29, 1.82) is 5.26 Å². The summed E-state index contributed by atoms with van der Waals surface area (Å²) in [7, 11) is 1.55. The van der Waals surface area contributed by atoms with Gasteiger partial charge in [-0.15, -0.1) is 0 Å². The van der Waals surface area contributed by atoms with Crippen LogP contribution in [-0.4, -0.2) is 23.0 Å². The standard InChI is InChI=1S/C20H17N5O2/c1-13-3-8-18(27-2)16(9-13)25-20(26)17-10-19(23-12-22-17)24-15-6-4-14(11-21)5-7-15/h3-10,12H,1-2H3,(H,25,26)(H,22,23,24). The van der Waals surface area contributed by atoms with Gasteiger partial charge in [0.1, 0.15) is 23.6 Å². The SMILES string of the molecule is COc1ccc(C)cc1NC(=O)c1cc(Nc2ccc(C#N)cc2)ncn1. The summed E-state index contributed by atoms with van der Waals surface area (Å²) in [5.41, 5.74) is 3.10. The van der Waals surface area contributed by atoms with Crippen LogP contribution in [0.1, 0.15) is 21.6 Å². The molecule has 7 heteroatoms. The molecule has 1 aromatic heterocycles. The summed E-state index contributed by atoms with van der Waals surface area (Å²) in [4.78, 5) is 20.7. The number of ether oxygens (including phenoxy) is 1. The molecule has 0 aliphatic carbocycles. The van der Waals surface area contributed by atoms with Gasteiger partial charge in [-0.05, 0) is 48.9 Å². The zero-order valence-corrected chi connectivity index (χ0v) is 14.9. The second kappa shape index (κ2) is 7.97. The van der Waals surface area contributed by atoms with E-state index in [0.29, 0.717) is 22.8 Å². The van der Waals surface area contributed by atoms with Gasteiger partial charge >= 0.3 is 0 Å². The minimum absolute atomic E-state index is 0.213. The first kappa shape index (κ1) is 17.9. The minimum atomic E-state index is -0.371. The van der Waals surface area contributed by atoms with Crippen LogP contribution in [0.25, 0.3) is 0 Å². The maximum atomic E-state index is 12.6. The summed E-state index contributed by atoms with van der Waals surface area (Å²) < 4.78 is 5.28. The lowest BCUT2D eigenvalue weighted by molar-refractivity contribution is 0.102. The van der Waals surface area contributed by atoms with E-state index in [0.717, 1.165) is 11.3 Å². The topological polar surface area (TPSA) is 99.9 Å². The third kappa shape index (κ3) is 4.38. The highest BCUT2D eigenvalue weighted by Gasteiger charge is 2.12. The second-order valence-electron chi connectivity index (χ2n) is 5.76. The van der Waals surface area contributed by atoms with E-state index < -0.39 is 0 Å². The summed E-state index contributed by atoms with van der Waals surface area (Å²) in [5, 5.41) is 14.7. The Balaban J connectivity index is 1.77. The number of hydrogen-bond acceptors (Lipinski definition) is 6. The lowest BCUT2D eigenvalue weighted by atomic mass is 10.2. The van der Waals surface area contributed by atoms with Crippen molar-refractivity contribution in [3.63, 3.8) is 0 Å². The molecule has 2 N–H and O–H groups in total. The highest BCUT2D eigenvalue weighted by molar-refractivity contribution is 6.04. The molecule has 0 aliphatic heterocycles. The van der Waals surface area contributed by atoms with Crippen molar-refractivity contribution in [3.8, 4) is 11.8 Å². The van der Waals surface area contributed by atoms with Crippen LogP contribution < -0.4 is 15.4 Å². The van der Waals surface area contributed by atoms with Crippen molar-refractivity contribution in [2.75, 3.05) is 17.7 Å². The van der Waals surface area contributed by atoms with Crippen LogP contribution in [0.4, 0.5) is 17.2 Å². The van der Waals surface area contributed by atoms with E-state index in [1.165, 1.54) is 6.33 Å². The number of benzene rings is 2. The summed E-state index contributed by atoms with van der Waals surface area (Å²) in [5.74, 6) is 0.666. The van der Waals surface area contributed by atoms with E-state index >= 15 is 0 Å². The van der Waals surface area contributed by atoms with Crippen molar-refractivity contribution in [2.24, 2.45) is 0 Å². The Labute approximate surface area is 156 Å². The Morgan fingerprint density at radius 1 is 1.11 bits per heavy atom. The van der Waals surface area contributed by atoms with Crippen LogP contribution in [-0.2, 0) is 0 Å². The third-order valence-corrected chi connectivity index (χ3v) is 3.79. The van der Waals surface area contributed by atoms with Gasteiger partial charge in [0, 0.05) is 11.8 Å². The molecule has 3 aromatic rings. The highest BCUT2D eigenvalue weighted by atomic mass is 16.5. The zero-order chi connectivity index (χ0) is 19.2. The molecule has 0 saturated heterocycles. The molecule has 7 nitrogen and oxygen atoms in total. The predicted molar refractivity (Wildman–Crippen MR) is 102 cm³/mol. The first-order valence-corrected chi connectivity index (χ1v) is 8.14. The molecular weight excluding hydrogens is 342 g/mol.